The average molecular weight is 353 g/mol. The van der Waals surface area contributed by atoms with Crippen molar-refractivity contribution in [3.05, 3.63) is 58.7 Å². The second-order valence-corrected chi connectivity index (χ2v) is 9.36. The molecule has 0 aliphatic carbocycles. The van der Waals surface area contributed by atoms with Crippen molar-refractivity contribution < 1.29 is 9.15 Å². The van der Waals surface area contributed by atoms with Crippen molar-refractivity contribution in [2.75, 3.05) is 13.1 Å². The fourth-order valence-corrected chi connectivity index (χ4v) is 7.02. The molecule has 0 amide bonds. The monoisotopic (exact) mass is 352 g/mol. The first kappa shape index (κ1) is 14.8. The Morgan fingerprint density at radius 3 is 1.79 bits per heavy atom. The predicted molar refractivity (Wildman–Crippen MR) is 102 cm³/mol. The average Bonchev–Trinajstić information content (AvgIpc) is 2.58. The summed E-state index contributed by atoms with van der Waals surface area (Å²) in [6.07, 6.45) is 5.97. The van der Waals surface area contributed by atoms with Gasteiger partial charge in [-0.25, -0.2) is 0 Å². The van der Waals surface area contributed by atoms with Crippen LogP contribution < -0.4 is 0 Å². The van der Waals surface area contributed by atoms with E-state index in [1.54, 1.807) is 0 Å². The highest BCUT2D eigenvalue weighted by atomic mass is 32.2. The molecule has 24 heavy (non-hydrogen) atoms. The van der Waals surface area contributed by atoms with Gasteiger partial charge in [0.2, 0.25) is 0 Å². The summed E-state index contributed by atoms with van der Waals surface area (Å²) in [4.78, 5) is 2.86. The standard InChI is InChI=1S/C20H20N2S2/c1-14-6-3-8-16-12-21-10-5-11-22-13-17-9-4-7-15(2)19(17)24-20(21,22)23-18(14)16/h3-4,6-9,12-13H,5,10-11H2,1-2H3/q+2. The van der Waals surface area contributed by atoms with Gasteiger partial charge in [-0.1, -0.05) is 24.3 Å². The minimum Gasteiger partial charge on any atom is -0.152 e. The number of fused-ring (bicyclic) bond motifs is 2. The Bertz CT molecular complexity index is 852. The molecule has 3 heterocycles. The highest BCUT2D eigenvalue weighted by Gasteiger charge is 2.61. The van der Waals surface area contributed by atoms with Crippen LogP contribution in [0.4, 0.5) is 0 Å². The molecule has 0 radical (unpaired) electrons. The zero-order chi connectivity index (χ0) is 16.3. The quantitative estimate of drug-likeness (QED) is 0.659. The summed E-state index contributed by atoms with van der Waals surface area (Å²) < 4.78 is 5.04. The maximum absolute atomic E-state index is 2.56. The van der Waals surface area contributed by atoms with Crippen LogP contribution in [0.3, 0.4) is 0 Å². The van der Waals surface area contributed by atoms with Gasteiger partial charge in [0, 0.05) is 33.3 Å². The van der Waals surface area contributed by atoms with Crippen molar-refractivity contribution in [3.63, 3.8) is 0 Å². The lowest BCUT2D eigenvalue weighted by molar-refractivity contribution is -0.784. The summed E-state index contributed by atoms with van der Waals surface area (Å²) >= 11 is 4.05. The van der Waals surface area contributed by atoms with E-state index in [4.69, 9.17) is 0 Å². The number of nitrogens with zero attached hydrogens (tertiary/aromatic N) is 2. The Morgan fingerprint density at radius 1 is 0.792 bits per heavy atom. The minimum atomic E-state index is -0.0729. The molecule has 0 N–H and O–H groups in total. The van der Waals surface area contributed by atoms with E-state index < -0.39 is 0 Å². The summed E-state index contributed by atoms with van der Waals surface area (Å²) in [5.74, 6) is 0. The normalized spacial score (nSPS) is 20.1. The topological polar surface area (TPSA) is 6.02 Å². The van der Waals surface area contributed by atoms with Gasteiger partial charge in [-0.2, -0.15) is 9.15 Å². The maximum atomic E-state index is 2.56. The van der Waals surface area contributed by atoms with Gasteiger partial charge in [-0.05, 0) is 37.1 Å². The van der Waals surface area contributed by atoms with E-state index in [2.05, 4.69) is 71.8 Å². The molecule has 0 unspecified atom stereocenters. The molecule has 2 aromatic carbocycles. The van der Waals surface area contributed by atoms with Crippen LogP contribution in [0, 0.1) is 13.8 Å². The summed E-state index contributed by atoms with van der Waals surface area (Å²) in [6.45, 7) is 6.71. The maximum Gasteiger partial charge on any atom is 0.460 e. The molecular formula is C20H20N2S2+2. The van der Waals surface area contributed by atoms with E-state index in [0.29, 0.717) is 0 Å². The molecule has 4 heteroatoms. The lowest BCUT2D eigenvalue weighted by Gasteiger charge is -2.35. The third-order valence-corrected chi connectivity index (χ3v) is 8.56. The summed E-state index contributed by atoms with van der Waals surface area (Å²) in [5.41, 5.74) is 5.49. The van der Waals surface area contributed by atoms with Crippen LogP contribution in [0.15, 0.2) is 46.2 Å². The van der Waals surface area contributed by atoms with Gasteiger partial charge in [-0.15, -0.1) is 0 Å². The fraction of sp³-hybridized carbons (Fsp3) is 0.300. The van der Waals surface area contributed by atoms with E-state index in [1.165, 1.54) is 38.5 Å². The van der Waals surface area contributed by atoms with E-state index in [-0.39, 0.29) is 4.33 Å². The minimum absolute atomic E-state index is 0.0729. The summed E-state index contributed by atoms with van der Waals surface area (Å²) in [5, 5.41) is 0. The van der Waals surface area contributed by atoms with Crippen LogP contribution in [0.5, 0.6) is 0 Å². The van der Waals surface area contributed by atoms with Gasteiger partial charge < -0.3 is 0 Å². The third kappa shape index (κ3) is 1.99. The zero-order valence-electron chi connectivity index (χ0n) is 14.0. The van der Waals surface area contributed by atoms with Crippen LogP contribution >= 0.6 is 23.5 Å². The molecule has 3 aliphatic rings. The first-order valence-corrected chi connectivity index (χ1v) is 10.1. The summed E-state index contributed by atoms with van der Waals surface area (Å²) in [6, 6.07) is 13.3. The molecule has 3 aliphatic heterocycles. The van der Waals surface area contributed by atoms with Crippen LogP contribution in [0.25, 0.3) is 0 Å². The van der Waals surface area contributed by atoms with Gasteiger partial charge in [0.25, 0.3) is 0 Å². The lowest BCUT2D eigenvalue weighted by Crippen LogP contribution is -2.55. The van der Waals surface area contributed by atoms with Crippen molar-refractivity contribution >= 4 is 36.0 Å². The van der Waals surface area contributed by atoms with Crippen LogP contribution in [0.1, 0.15) is 28.7 Å². The van der Waals surface area contributed by atoms with E-state index in [1.807, 2.05) is 23.5 Å². The number of hydrogen-bond acceptors (Lipinski definition) is 2. The molecule has 2 aromatic rings. The number of hydrogen-bond donors (Lipinski definition) is 0. The molecule has 1 saturated heterocycles. The molecular weight excluding hydrogens is 332 g/mol. The van der Waals surface area contributed by atoms with Crippen molar-refractivity contribution in [1.82, 2.24) is 0 Å². The molecule has 2 nitrogen and oxygen atoms in total. The first-order valence-electron chi connectivity index (χ1n) is 8.48. The Balaban J connectivity index is 1.74. The van der Waals surface area contributed by atoms with Crippen LogP contribution in [-0.4, -0.2) is 39.0 Å². The van der Waals surface area contributed by atoms with Crippen molar-refractivity contribution in [1.29, 1.82) is 0 Å². The van der Waals surface area contributed by atoms with Gasteiger partial charge in [0.1, 0.15) is 0 Å². The van der Waals surface area contributed by atoms with Gasteiger partial charge in [0.15, 0.2) is 25.5 Å². The lowest BCUT2D eigenvalue weighted by atomic mass is 10.1. The predicted octanol–water partition coefficient (Wildman–Crippen LogP) is 4.09. The third-order valence-electron chi connectivity index (χ3n) is 5.07. The van der Waals surface area contributed by atoms with Gasteiger partial charge in [0.05, 0.1) is 17.5 Å². The molecule has 0 saturated carbocycles. The van der Waals surface area contributed by atoms with Crippen molar-refractivity contribution in [2.45, 2.75) is 34.4 Å². The second kappa shape index (κ2) is 5.24. The second-order valence-electron chi connectivity index (χ2n) is 6.74. The van der Waals surface area contributed by atoms with Crippen LogP contribution in [0.2, 0.25) is 0 Å². The highest BCUT2D eigenvalue weighted by molar-refractivity contribution is 8.17. The molecule has 1 fully saturated rings. The van der Waals surface area contributed by atoms with Crippen LogP contribution in [-0.2, 0) is 0 Å². The first-order chi connectivity index (χ1) is 11.7. The fourth-order valence-electron chi connectivity index (χ4n) is 3.84. The molecule has 0 atom stereocenters. The highest BCUT2D eigenvalue weighted by Crippen LogP contribution is 2.54. The molecule has 0 aromatic heterocycles. The van der Waals surface area contributed by atoms with E-state index in [9.17, 15) is 0 Å². The molecule has 0 bridgehead atoms. The molecule has 1 spiro atoms. The smallest absolute Gasteiger partial charge is 0.152 e. The number of thioether (sulfide) groups is 2. The largest absolute Gasteiger partial charge is 0.460 e. The van der Waals surface area contributed by atoms with E-state index in [0.717, 1.165) is 13.1 Å². The summed E-state index contributed by atoms with van der Waals surface area (Å²) in [7, 11) is 0. The molecule has 5 rings (SSSR count). The van der Waals surface area contributed by atoms with Gasteiger partial charge >= 0.3 is 4.33 Å². The Labute approximate surface area is 151 Å². The van der Waals surface area contributed by atoms with Gasteiger partial charge in [-0.3, -0.25) is 0 Å². The Morgan fingerprint density at radius 2 is 1.29 bits per heavy atom. The number of rotatable bonds is 0. The Kier molecular flexibility index (Phi) is 3.23. The van der Waals surface area contributed by atoms with Crippen molar-refractivity contribution in [3.8, 4) is 0 Å². The number of benzene rings is 2. The number of aryl methyl sites for hydroxylation is 2. The van der Waals surface area contributed by atoms with Crippen molar-refractivity contribution in [2.24, 2.45) is 0 Å². The zero-order valence-corrected chi connectivity index (χ0v) is 15.6. The molecule has 120 valence electrons. The van der Waals surface area contributed by atoms with E-state index >= 15 is 0 Å². The Hall–Kier alpha value is -1.52. The SMILES string of the molecule is Cc1cccc2c1SC13Sc4c(C)cccc4C=[N+]1CCC[N+]3=C2.